The van der Waals surface area contributed by atoms with Crippen molar-refractivity contribution in [1.29, 1.82) is 0 Å². The number of likely N-dealkylation sites (tertiary alicyclic amines) is 1. The third-order valence-electron chi connectivity index (χ3n) is 7.47. The molecule has 1 aliphatic heterocycles. The summed E-state index contributed by atoms with van der Waals surface area (Å²) in [5, 5.41) is 0.180. The van der Waals surface area contributed by atoms with Gasteiger partial charge in [-0.1, -0.05) is 29.8 Å². The minimum atomic E-state index is -0.375. The summed E-state index contributed by atoms with van der Waals surface area (Å²) in [6.07, 6.45) is 6.89. The summed E-state index contributed by atoms with van der Waals surface area (Å²) in [6, 6.07) is 13.5. The normalized spacial score (nSPS) is 24.5. The van der Waals surface area contributed by atoms with E-state index in [0.29, 0.717) is 17.7 Å². The smallest absolute Gasteiger partial charge is 0.232 e. The molecule has 0 spiro atoms. The van der Waals surface area contributed by atoms with Crippen LogP contribution in [0.4, 0.5) is 4.39 Å². The first-order valence-electron chi connectivity index (χ1n) is 12.1. The highest BCUT2D eigenvalue weighted by atomic mass is 35.5. The van der Waals surface area contributed by atoms with Crippen molar-refractivity contribution in [2.24, 2.45) is 11.8 Å². The van der Waals surface area contributed by atoms with Crippen LogP contribution in [0.15, 0.2) is 61.1 Å². The van der Waals surface area contributed by atoms with Crippen LogP contribution in [0.25, 0.3) is 11.0 Å². The summed E-state index contributed by atoms with van der Waals surface area (Å²) in [7, 11) is 0. The van der Waals surface area contributed by atoms with E-state index in [1.807, 2.05) is 12.1 Å². The number of benzene rings is 2. The van der Waals surface area contributed by atoms with Gasteiger partial charge >= 0.3 is 0 Å². The van der Waals surface area contributed by atoms with Crippen molar-refractivity contribution in [3.63, 3.8) is 0 Å². The minimum absolute atomic E-state index is 0.0375. The summed E-state index contributed by atoms with van der Waals surface area (Å²) < 4.78 is 22.5. The maximum atomic E-state index is 13.6. The van der Waals surface area contributed by atoms with Crippen LogP contribution >= 0.6 is 11.6 Å². The van der Waals surface area contributed by atoms with Crippen molar-refractivity contribution in [1.82, 2.24) is 24.4 Å². The average Bonchev–Trinajstić information content (AvgIpc) is 3.40. The number of imidazole rings is 1. The molecule has 1 saturated heterocycles. The van der Waals surface area contributed by atoms with Gasteiger partial charge in [-0.15, -0.1) is 0 Å². The molecule has 0 bridgehead atoms. The molecule has 2 aromatic heterocycles. The third kappa shape index (κ3) is 4.39. The fourth-order valence-corrected chi connectivity index (χ4v) is 6.20. The first-order valence-corrected chi connectivity index (χ1v) is 12.5. The van der Waals surface area contributed by atoms with Gasteiger partial charge in [0.15, 0.2) is 0 Å². The van der Waals surface area contributed by atoms with Gasteiger partial charge in [-0.3, -0.25) is 9.88 Å². The molecule has 1 aliphatic carbocycles. The number of rotatable bonds is 5. The Morgan fingerprint density at radius 3 is 2.71 bits per heavy atom. The summed E-state index contributed by atoms with van der Waals surface area (Å²) in [6.45, 7) is 4.82. The summed E-state index contributed by atoms with van der Waals surface area (Å²) in [5.74, 6) is 2.23. The van der Waals surface area contributed by atoms with Gasteiger partial charge in [0.05, 0.1) is 28.3 Å². The van der Waals surface area contributed by atoms with Crippen molar-refractivity contribution in [3.8, 4) is 5.88 Å². The number of nitrogens with zero attached hydrogens (tertiary/aromatic N) is 5. The number of para-hydroxylation sites is 2. The first kappa shape index (κ1) is 22.4. The van der Waals surface area contributed by atoms with E-state index in [9.17, 15) is 4.39 Å². The Kier molecular flexibility index (Phi) is 5.90. The van der Waals surface area contributed by atoms with E-state index in [4.69, 9.17) is 21.3 Å². The molecule has 0 unspecified atom stereocenters. The highest BCUT2D eigenvalue weighted by Crippen LogP contribution is 2.44. The Hall–Kier alpha value is -3.03. The van der Waals surface area contributed by atoms with E-state index in [-0.39, 0.29) is 23.0 Å². The van der Waals surface area contributed by atoms with Crippen LogP contribution in [0.2, 0.25) is 5.02 Å². The fraction of sp³-hybridized carbons (Fsp3) is 0.370. The molecule has 35 heavy (non-hydrogen) atoms. The Morgan fingerprint density at radius 2 is 1.91 bits per heavy atom. The molecule has 6 nitrogen and oxygen atoms in total. The van der Waals surface area contributed by atoms with Crippen molar-refractivity contribution in [2.45, 2.75) is 38.5 Å². The quantitative estimate of drug-likeness (QED) is 0.371. The lowest BCUT2D eigenvalue weighted by molar-refractivity contribution is 0.0519. The maximum Gasteiger partial charge on any atom is 0.232 e. The second kappa shape index (κ2) is 9.21. The molecule has 0 N–H and O–H groups in total. The zero-order valence-electron chi connectivity index (χ0n) is 19.5. The molecule has 2 aliphatic rings. The zero-order chi connectivity index (χ0) is 23.9. The molecule has 2 fully saturated rings. The Morgan fingerprint density at radius 1 is 1.09 bits per heavy atom. The summed E-state index contributed by atoms with van der Waals surface area (Å²) in [4.78, 5) is 15.9. The molecular formula is C27H27ClFN5O. The van der Waals surface area contributed by atoms with Crippen LogP contribution < -0.4 is 4.74 Å². The lowest BCUT2D eigenvalue weighted by atomic mass is 9.77. The second-order valence-corrected chi connectivity index (χ2v) is 10.1. The molecule has 0 radical (unpaired) electrons. The lowest BCUT2D eigenvalue weighted by Crippen LogP contribution is -2.40. The van der Waals surface area contributed by atoms with E-state index >= 15 is 0 Å². The number of hydrogen-bond acceptors (Lipinski definition) is 5. The number of aromatic nitrogens is 4. The van der Waals surface area contributed by atoms with E-state index < -0.39 is 0 Å². The van der Waals surface area contributed by atoms with Crippen LogP contribution in [0.1, 0.15) is 30.3 Å². The zero-order valence-corrected chi connectivity index (χ0v) is 20.3. The van der Waals surface area contributed by atoms with Crippen LogP contribution in [-0.2, 0) is 6.54 Å². The van der Waals surface area contributed by atoms with E-state index in [1.54, 1.807) is 24.7 Å². The van der Waals surface area contributed by atoms with E-state index in [0.717, 1.165) is 54.9 Å². The lowest BCUT2D eigenvalue weighted by Gasteiger charge is -2.39. The Bertz CT molecular complexity index is 1350. The van der Waals surface area contributed by atoms with Crippen LogP contribution in [0.5, 0.6) is 5.88 Å². The minimum Gasteiger partial charge on any atom is -0.471 e. The van der Waals surface area contributed by atoms with Gasteiger partial charge in [0.2, 0.25) is 5.88 Å². The van der Waals surface area contributed by atoms with Gasteiger partial charge in [0, 0.05) is 32.0 Å². The first-order chi connectivity index (χ1) is 17.0. The van der Waals surface area contributed by atoms with Crippen LogP contribution in [-0.4, -0.2) is 43.6 Å². The molecule has 8 heteroatoms. The van der Waals surface area contributed by atoms with Crippen molar-refractivity contribution >= 4 is 22.6 Å². The predicted octanol–water partition coefficient (Wildman–Crippen LogP) is 5.46. The third-order valence-corrected chi connectivity index (χ3v) is 7.76. The molecule has 2 aromatic carbocycles. The Balaban J connectivity index is 1.28. The predicted molar refractivity (Wildman–Crippen MR) is 133 cm³/mol. The van der Waals surface area contributed by atoms with Gasteiger partial charge in [0.1, 0.15) is 17.7 Å². The largest absolute Gasteiger partial charge is 0.471 e. The molecule has 6 rings (SSSR count). The molecule has 0 amide bonds. The molecule has 4 aromatic rings. The standard InChI is InChI=1S/C27H27ClFN5O/c1-17-32-23-4-2-3-5-24(23)34(17)25-11-19-15-33(14-18-6-7-22(29)21(28)10-18)16-20(19)12-26(25)35-27-13-30-8-9-31-27/h2-10,13,19-20,25-26H,11-12,14-16H2,1H3/t19-,20+,25-,26-/m0/s1. The number of hydrogen-bond donors (Lipinski definition) is 0. The highest BCUT2D eigenvalue weighted by Gasteiger charge is 2.44. The van der Waals surface area contributed by atoms with Gasteiger partial charge in [-0.25, -0.2) is 14.4 Å². The van der Waals surface area contributed by atoms with E-state index in [1.165, 1.54) is 6.07 Å². The molecular weight excluding hydrogens is 465 g/mol. The second-order valence-electron chi connectivity index (χ2n) is 9.72. The topological polar surface area (TPSA) is 56.1 Å². The van der Waals surface area contributed by atoms with Crippen LogP contribution in [0.3, 0.4) is 0 Å². The highest BCUT2D eigenvalue weighted by molar-refractivity contribution is 6.30. The number of ether oxygens (including phenoxy) is 1. The van der Waals surface area contributed by atoms with Crippen LogP contribution in [0, 0.1) is 24.6 Å². The summed E-state index contributed by atoms with van der Waals surface area (Å²) in [5.41, 5.74) is 3.18. The summed E-state index contributed by atoms with van der Waals surface area (Å²) >= 11 is 6.03. The SMILES string of the molecule is Cc1nc2ccccc2n1[C@H]1C[C@H]2CN(Cc3ccc(F)c(Cl)c3)C[C@H]2C[C@@H]1Oc1cnccn1. The maximum absolute atomic E-state index is 13.6. The number of aryl methyl sites for hydroxylation is 1. The van der Waals surface area contributed by atoms with Gasteiger partial charge in [0.25, 0.3) is 0 Å². The van der Waals surface area contributed by atoms with Gasteiger partial charge in [-0.2, -0.15) is 0 Å². The molecule has 1 saturated carbocycles. The number of halogens is 2. The van der Waals surface area contributed by atoms with Crippen molar-refractivity contribution in [3.05, 3.63) is 83.3 Å². The van der Waals surface area contributed by atoms with E-state index in [2.05, 4.69) is 44.6 Å². The van der Waals surface area contributed by atoms with Crippen molar-refractivity contribution in [2.75, 3.05) is 13.1 Å². The number of fused-ring (bicyclic) bond motifs is 2. The Labute approximate surface area is 208 Å². The molecule has 180 valence electrons. The van der Waals surface area contributed by atoms with Gasteiger partial charge in [-0.05, 0) is 61.4 Å². The molecule has 4 atom stereocenters. The van der Waals surface area contributed by atoms with Crippen molar-refractivity contribution < 1.29 is 9.13 Å². The average molecular weight is 492 g/mol. The monoisotopic (exact) mass is 491 g/mol. The molecule has 3 heterocycles. The fourth-order valence-electron chi connectivity index (χ4n) is 6.00. The van der Waals surface area contributed by atoms with Gasteiger partial charge < -0.3 is 9.30 Å².